The minimum atomic E-state index is -4.61. The molecule has 1 unspecified atom stereocenters. The molecule has 0 aromatic heterocycles. The smallest absolute Gasteiger partial charge is 0.462 e. The number of carbonyl (C=O) groups is 2. The van der Waals surface area contributed by atoms with Crippen molar-refractivity contribution in [1.82, 2.24) is 0 Å². The maximum atomic E-state index is 12.7. The number of aliphatic hydroxyl groups excluding tert-OH is 2. The monoisotopic (exact) mass is 849 g/mol. The normalized spacial score (nSPS) is 13.7. The van der Waals surface area contributed by atoms with Crippen molar-refractivity contribution >= 4 is 19.8 Å². The van der Waals surface area contributed by atoms with Gasteiger partial charge in [0, 0.05) is 12.8 Å². The van der Waals surface area contributed by atoms with Crippen molar-refractivity contribution in [2.75, 3.05) is 26.4 Å². The first-order valence-corrected chi connectivity index (χ1v) is 26.0. The fourth-order valence-corrected chi connectivity index (χ4v) is 8.02. The van der Waals surface area contributed by atoms with E-state index in [0.29, 0.717) is 12.8 Å². The summed E-state index contributed by atoms with van der Waals surface area (Å²) in [6.45, 7) is 2.44. The molecule has 58 heavy (non-hydrogen) atoms. The largest absolute Gasteiger partial charge is 0.472 e. The molecule has 0 radical (unpaired) electrons. The van der Waals surface area contributed by atoms with Gasteiger partial charge in [-0.1, -0.05) is 226 Å². The Bertz CT molecular complexity index is 935. The van der Waals surface area contributed by atoms with E-state index in [0.717, 1.165) is 32.1 Å². The van der Waals surface area contributed by atoms with Crippen molar-refractivity contribution in [3.63, 3.8) is 0 Å². The Kier molecular flexibility index (Phi) is 43.3. The maximum absolute atomic E-state index is 12.7. The highest BCUT2D eigenvalue weighted by molar-refractivity contribution is 7.47. The summed E-state index contributed by atoms with van der Waals surface area (Å²) in [6, 6.07) is 0. The van der Waals surface area contributed by atoms with Crippen LogP contribution in [0.1, 0.15) is 251 Å². The van der Waals surface area contributed by atoms with E-state index in [-0.39, 0.29) is 19.4 Å². The van der Waals surface area contributed by atoms with Gasteiger partial charge < -0.3 is 24.6 Å². The maximum Gasteiger partial charge on any atom is 0.472 e. The molecule has 0 aromatic rings. The molecule has 0 aliphatic heterocycles. The summed E-state index contributed by atoms with van der Waals surface area (Å²) in [5.41, 5.74) is 0. The lowest BCUT2D eigenvalue weighted by Crippen LogP contribution is -2.29. The molecule has 11 heteroatoms. The molecular formula is C47H93O10P. The van der Waals surface area contributed by atoms with E-state index < -0.39 is 51.8 Å². The predicted molar refractivity (Wildman–Crippen MR) is 238 cm³/mol. The van der Waals surface area contributed by atoms with Crippen molar-refractivity contribution in [3.8, 4) is 0 Å². The molecule has 0 heterocycles. The Morgan fingerprint density at radius 1 is 0.448 bits per heavy atom. The lowest BCUT2D eigenvalue weighted by atomic mass is 10.0. The summed E-state index contributed by atoms with van der Waals surface area (Å²) in [5, 5.41) is 18.4. The lowest BCUT2D eigenvalue weighted by molar-refractivity contribution is -0.161. The number of rotatable bonds is 47. The van der Waals surface area contributed by atoms with Gasteiger partial charge in [-0.15, -0.1) is 0 Å². The number of esters is 2. The van der Waals surface area contributed by atoms with E-state index in [4.69, 9.17) is 23.6 Å². The SMILES string of the molecule is CCCCCCCCCCCCCCCCCCCCCCC(=O)O[C@H](COC(=O)CCCCCCCCCCCCCCCCC)COP(=O)(O)OC[C@@H](O)CO. The van der Waals surface area contributed by atoms with Crippen molar-refractivity contribution in [1.29, 1.82) is 0 Å². The summed E-state index contributed by atoms with van der Waals surface area (Å²) in [6.07, 6.45) is 42.1. The highest BCUT2D eigenvalue weighted by Crippen LogP contribution is 2.43. The van der Waals surface area contributed by atoms with Crippen molar-refractivity contribution < 1.29 is 47.8 Å². The number of ether oxygens (including phenoxy) is 2. The minimum absolute atomic E-state index is 0.193. The topological polar surface area (TPSA) is 149 Å². The third-order valence-electron chi connectivity index (χ3n) is 11.0. The first-order chi connectivity index (χ1) is 28.2. The minimum Gasteiger partial charge on any atom is -0.462 e. The van der Waals surface area contributed by atoms with E-state index in [9.17, 15) is 24.2 Å². The first kappa shape index (κ1) is 57.0. The first-order valence-electron chi connectivity index (χ1n) is 24.5. The second-order valence-corrected chi connectivity index (χ2v) is 18.3. The molecule has 3 N–H and O–H groups in total. The van der Waals surface area contributed by atoms with Crippen LogP contribution in [0.2, 0.25) is 0 Å². The zero-order valence-electron chi connectivity index (χ0n) is 37.8. The average Bonchev–Trinajstić information content (AvgIpc) is 3.21. The van der Waals surface area contributed by atoms with Crippen LogP contribution < -0.4 is 0 Å². The molecule has 0 aromatic carbocycles. The van der Waals surface area contributed by atoms with E-state index in [1.54, 1.807) is 0 Å². The van der Waals surface area contributed by atoms with Gasteiger partial charge in [-0.2, -0.15) is 0 Å². The molecular weight excluding hydrogens is 755 g/mol. The Hall–Kier alpha value is -1.03. The molecule has 10 nitrogen and oxygen atoms in total. The standard InChI is InChI=1S/C47H93O10P/c1-3-5-7-9-11-13-15-17-19-20-21-22-23-25-27-29-31-33-35-37-39-47(51)57-45(43-56-58(52,53)55-41-44(49)40-48)42-54-46(50)38-36-34-32-30-28-26-24-18-16-14-12-10-8-6-4-2/h44-45,48-49H,3-43H2,1-2H3,(H,52,53)/t44-,45+/m0/s1. The van der Waals surface area contributed by atoms with Crippen LogP contribution in [0.5, 0.6) is 0 Å². The molecule has 0 saturated carbocycles. The summed E-state index contributed by atoms with van der Waals surface area (Å²) >= 11 is 0. The van der Waals surface area contributed by atoms with Crippen LogP contribution in [0, 0.1) is 0 Å². The molecule has 0 bridgehead atoms. The number of unbranched alkanes of at least 4 members (excludes halogenated alkanes) is 33. The molecule has 0 saturated heterocycles. The molecule has 0 rings (SSSR count). The number of phosphoric acid groups is 1. The van der Waals surface area contributed by atoms with Crippen molar-refractivity contribution in [3.05, 3.63) is 0 Å². The quantitative estimate of drug-likeness (QED) is 0.0307. The van der Waals surface area contributed by atoms with Crippen molar-refractivity contribution in [2.24, 2.45) is 0 Å². The van der Waals surface area contributed by atoms with E-state index in [1.807, 2.05) is 0 Å². The molecule has 0 amide bonds. The van der Waals surface area contributed by atoms with Gasteiger partial charge in [0.05, 0.1) is 19.8 Å². The van der Waals surface area contributed by atoms with Crippen LogP contribution in [0.3, 0.4) is 0 Å². The zero-order chi connectivity index (χ0) is 42.6. The van der Waals surface area contributed by atoms with Crippen LogP contribution >= 0.6 is 7.82 Å². The van der Waals surface area contributed by atoms with E-state index in [2.05, 4.69) is 13.8 Å². The third-order valence-corrected chi connectivity index (χ3v) is 12.0. The molecule has 0 spiro atoms. The van der Waals surface area contributed by atoms with Gasteiger partial charge in [-0.05, 0) is 12.8 Å². The molecule has 0 aliphatic carbocycles. The zero-order valence-corrected chi connectivity index (χ0v) is 38.7. The number of aliphatic hydroxyl groups is 2. The highest BCUT2D eigenvalue weighted by Gasteiger charge is 2.27. The molecule has 346 valence electrons. The van der Waals surface area contributed by atoms with E-state index >= 15 is 0 Å². The fraction of sp³-hybridized carbons (Fsp3) is 0.957. The summed E-state index contributed by atoms with van der Waals surface area (Å²) < 4.78 is 32.8. The number of phosphoric ester groups is 1. The Balaban J connectivity index is 4.15. The van der Waals surface area contributed by atoms with Crippen LogP contribution in [-0.2, 0) is 32.7 Å². The second-order valence-electron chi connectivity index (χ2n) is 16.9. The lowest BCUT2D eigenvalue weighted by Gasteiger charge is -2.20. The van der Waals surface area contributed by atoms with Crippen molar-refractivity contribution in [2.45, 2.75) is 264 Å². The summed E-state index contributed by atoms with van der Waals surface area (Å²) in [4.78, 5) is 35.1. The molecule has 0 aliphatic rings. The molecule has 0 fully saturated rings. The Labute approximate surface area is 356 Å². The Morgan fingerprint density at radius 3 is 1.07 bits per heavy atom. The van der Waals surface area contributed by atoms with Gasteiger partial charge in [0.25, 0.3) is 0 Å². The van der Waals surface area contributed by atoms with Crippen LogP contribution in [0.4, 0.5) is 0 Å². The fourth-order valence-electron chi connectivity index (χ4n) is 7.23. The van der Waals surface area contributed by atoms with Gasteiger partial charge in [0.2, 0.25) is 0 Å². The second kappa shape index (κ2) is 44.0. The highest BCUT2D eigenvalue weighted by atomic mass is 31.2. The van der Waals surface area contributed by atoms with Gasteiger partial charge in [-0.3, -0.25) is 18.6 Å². The van der Waals surface area contributed by atoms with Gasteiger partial charge >= 0.3 is 19.8 Å². The number of hydrogen-bond acceptors (Lipinski definition) is 9. The van der Waals surface area contributed by atoms with Crippen LogP contribution in [-0.4, -0.2) is 65.7 Å². The number of hydrogen-bond donors (Lipinski definition) is 3. The van der Waals surface area contributed by atoms with Crippen LogP contribution in [0.25, 0.3) is 0 Å². The summed E-state index contributed by atoms with van der Waals surface area (Å²) in [7, 11) is -4.61. The van der Waals surface area contributed by atoms with Gasteiger partial charge in [0.1, 0.15) is 12.7 Å². The average molecular weight is 849 g/mol. The van der Waals surface area contributed by atoms with E-state index in [1.165, 1.54) is 180 Å². The van der Waals surface area contributed by atoms with Crippen LogP contribution in [0.15, 0.2) is 0 Å². The predicted octanol–water partition coefficient (Wildman–Crippen LogP) is 13.4. The Morgan fingerprint density at radius 2 is 0.741 bits per heavy atom. The van der Waals surface area contributed by atoms with Gasteiger partial charge in [0.15, 0.2) is 6.10 Å². The molecule has 3 atom stereocenters. The summed E-state index contributed by atoms with van der Waals surface area (Å²) in [5.74, 6) is -0.904. The third kappa shape index (κ3) is 43.1. The van der Waals surface area contributed by atoms with Gasteiger partial charge in [-0.25, -0.2) is 4.57 Å². The number of carbonyl (C=O) groups excluding carboxylic acids is 2.